The van der Waals surface area contributed by atoms with Crippen molar-refractivity contribution in [3.8, 4) is 16.9 Å². The zero-order valence-electron chi connectivity index (χ0n) is 16.8. The van der Waals surface area contributed by atoms with Crippen molar-refractivity contribution in [2.45, 2.75) is 62.4 Å². The topological polar surface area (TPSA) is 95.4 Å². The first kappa shape index (κ1) is 18.2. The third-order valence-electron chi connectivity index (χ3n) is 7.03. The minimum Gasteiger partial charge on any atom is -0.491 e. The first-order valence-electron chi connectivity index (χ1n) is 10.8. The van der Waals surface area contributed by atoms with E-state index in [4.69, 9.17) is 15.2 Å². The molecule has 7 heteroatoms. The fraction of sp³-hybridized carbons (Fsp3) is 0.478. The second-order valence-electron chi connectivity index (χ2n) is 9.00. The zero-order valence-corrected chi connectivity index (χ0v) is 16.8. The van der Waals surface area contributed by atoms with Crippen molar-refractivity contribution in [1.82, 2.24) is 14.5 Å². The van der Waals surface area contributed by atoms with E-state index >= 15 is 0 Å². The van der Waals surface area contributed by atoms with Gasteiger partial charge in [0.2, 0.25) is 0 Å². The van der Waals surface area contributed by atoms with Crippen LogP contribution in [0.15, 0.2) is 36.8 Å². The number of fused-ring (bicyclic) bond motifs is 3. The molecule has 156 valence electrons. The minimum atomic E-state index is -0.237. The predicted molar refractivity (Wildman–Crippen MR) is 113 cm³/mol. The molecule has 2 aromatic heterocycles. The van der Waals surface area contributed by atoms with Crippen LogP contribution in [0.3, 0.4) is 0 Å². The van der Waals surface area contributed by atoms with Crippen LogP contribution in [-0.2, 0) is 4.74 Å². The zero-order chi connectivity index (χ0) is 20.3. The Morgan fingerprint density at radius 3 is 2.80 bits per heavy atom. The average Bonchev–Trinajstić information content (AvgIpc) is 3.44. The number of aliphatic hydroxyl groups excluding tert-OH is 1. The van der Waals surface area contributed by atoms with Crippen LogP contribution < -0.4 is 10.5 Å². The van der Waals surface area contributed by atoms with Gasteiger partial charge in [0.1, 0.15) is 35.7 Å². The van der Waals surface area contributed by atoms with Gasteiger partial charge in [-0.2, -0.15) is 0 Å². The van der Waals surface area contributed by atoms with E-state index in [1.807, 2.05) is 12.1 Å². The summed E-state index contributed by atoms with van der Waals surface area (Å²) in [5.41, 5.74) is 8.98. The lowest BCUT2D eigenvalue weighted by Gasteiger charge is -2.32. The molecule has 1 aliphatic carbocycles. The molecule has 30 heavy (non-hydrogen) atoms. The van der Waals surface area contributed by atoms with Gasteiger partial charge in [-0.3, -0.25) is 0 Å². The van der Waals surface area contributed by atoms with Gasteiger partial charge in [0, 0.05) is 17.8 Å². The molecule has 0 amide bonds. The molecule has 0 unspecified atom stereocenters. The Labute approximate surface area is 174 Å². The molecule has 3 N–H and O–H groups in total. The first-order valence-corrected chi connectivity index (χ1v) is 10.8. The van der Waals surface area contributed by atoms with E-state index < -0.39 is 0 Å². The van der Waals surface area contributed by atoms with Gasteiger partial charge in [-0.05, 0) is 56.2 Å². The summed E-state index contributed by atoms with van der Waals surface area (Å²) >= 11 is 0. The lowest BCUT2D eigenvalue weighted by Crippen LogP contribution is -2.32. The van der Waals surface area contributed by atoms with Crippen LogP contribution in [0, 0.1) is 0 Å². The van der Waals surface area contributed by atoms with Crippen LogP contribution in [0.1, 0.15) is 44.6 Å². The summed E-state index contributed by atoms with van der Waals surface area (Å²) in [5.74, 6) is 1.30. The van der Waals surface area contributed by atoms with Crippen LogP contribution in [0.5, 0.6) is 5.75 Å². The maximum absolute atomic E-state index is 9.76. The molecule has 1 saturated carbocycles. The van der Waals surface area contributed by atoms with E-state index in [0.717, 1.165) is 66.4 Å². The van der Waals surface area contributed by atoms with Crippen LogP contribution in [-0.4, -0.2) is 44.1 Å². The Balaban J connectivity index is 1.33. The summed E-state index contributed by atoms with van der Waals surface area (Å²) in [6.45, 7) is 0.597. The molecule has 3 aliphatic rings. The Morgan fingerprint density at radius 1 is 1.23 bits per heavy atom. The van der Waals surface area contributed by atoms with Gasteiger partial charge in [0.15, 0.2) is 0 Å². The highest BCUT2D eigenvalue weighted by atomic mass is 16.6. The van der Waals surface area contributed by atoms with E-state index in [1.54, 1.807) is 0 Å². The maximum atomic E-state index is 9.76. The molecule has 0 spiro atoms. The predicted octanol–water partition coefficient (Wildman–Crippen LogP) is 3.47. The number of hydrogen-bond acceptors (Lipinski definition) is 6. The van der Waals surface area contributed by atoms with Gasteiger partial charge in [0.05, 0.1) is 17.6 Å². The molecule has 1 aromatic carbocycles. The number of aliphatic hydroxyl groups is 1. The smallest absolute Gasteiger partial charge is 0.146 e. The number of anilines is 1. The van der Waals surface area contributed by atoms with E-state index in [-0.39, 0.29) is 17.7 Å². The van der Waals surface area contributed by atoms with E-state index in [1.165, 1.54) is 6.33 Å². The second-order valence-corrected chi connectivity index (χ2v) is 9.00. The Bertz CT molecular complexity index is 1100. The highest BCUT2D eigenvalue weighted by Crippen LogP contribution is 2.44. The average molecular weight is 406 g/mol. The third-order valence-corrected chi connectivity index (χ3v) is 7.03. The summed E-state index contributed by atoms with van der Waals surface area (Å²) in [6, 6.07) is 8.34. The fourth-order valence-corrected chi connectivity index (χ4v) is 5.25. The lowest BCUT2D eigenvalue weighted by molar-refractivity contribution is -0.0198. The van der Waals surface area contributed by atoms with Gasteiger partial charge >= 0.3 is 0 Å². The Morgan fingerprint density at radius 2 is 2.07 bits per heavy atom. The lowest BCUT2D eigenvalue weighted by atomic mass is 9.89. The summed E-state index contributed by atoms with van der Waals surface area (Å²) < 4.78 is 14.5. The van der Waals surface area contributed by atoms with Gasteiger partial charge in [0.25, 0.3) is 0 Å². The van der Waals surface area contributed by atoms with Crippen LogP contribution in [0.25, 0.3) is 22.2 Å². The molecular formula is C23H26N4O3. The van der Waals surface area contributed by atoms with Gasteiger partial charge in [-0.25, -0.2) is 9.97 Å². The van der Waals surface area contributed by atoms with Crippen molar-refractivity contribution in [1.29, 1.82) is 0 Å². The van der Waals surface area contributed by atoms with Crippen molar-refractivity contribution in [2.24, 2.45) is 0 Å². The molecule has 3 fully saturated rings. The second kappa shape index (κ2) is 6.68. The van der Waals surface area contributed by atoms with Gasteiger partial charge in [-0.1, -0.05) is 12.1 Å². The maximum Gasteiger partial charge on any atom is 0.146 e. The number of benzene rings is 1. The van der Waals surface area contributed by atoms with Crippen LogP contribution >= 0.6 is 0 Å². The fourth-order valence-electron chi connectivity index (χ4n) is 5.25. The summed E-state index contributed by atoms with van der Waals surface area (Å²) in [5, 5.41) is 10.6. The van der Waals surface area contributed by atoms with Crippen LogP contribution in [0.4, 0.5) is 5.82 Å². The molecule has 4 heterocycles. The molecule has 7 nitrogen and oxygen atoms in total. The largest absolute Gasteiger partial charge is 0.491 e. The normalized spacial score (nSPS) is 30.0. The molecule has 3 aromatic rings. The van der Waals surface area contributed by atoms with Crippen molar-refractivity contribution in [3.63, 3.8) is 0 Å². The van der Waals surface area contributed by atoms with Gasteiger partial charge < -0.3 is 24.9 Å². The molecular weight excluding hydrogens is 380 g/mol. The van der Waals surface area contributed by atoms with E-state index in [9.17, 15) is 5.11 Å². The number of nitrogens with zero attached hydrogens (tertiary/aromatic N) is 3. The summed E-state index contributed by atoms with van der Waals surface area (Å²) in [4.78, 5) is 8.71. The molecule has 2 aliphatic heterocycles. The van der Waals surface area contributed by atoms with Gasteiger partial charge in [-0.15, -0.1) is 0 Å². The summed E-state index contributed by atoms with van der Waals surface area (Å²) in [7, 11) is 0. The number of nitrogens with two attached hydrogens (primary N) is 1. The first-order chi connectivity index (χ1) is 14.6. The monoisotopic (exact) mass is 406 g/mol. The molecule has 0 atom stereocenters. The quantitative estimate of drug-likeness (QED) is 0.674. The van der Waals surface area contributed by atoms with Crippen molar-refractivity contribution in [2.75, 3.05) is 12.3 Å². The number of aromatic nitrogens is 3. The molecule has 2 bridgehead atoms. The number of ether oxygens (including phenoxy) is 2. The third kappa shape index (κ3) is 2.87. The SMILES string of the molecule is Nc1ncnc2c1c(-c1cccc(OCC34CCC(CC3)O4)c1)cn2[C@H]1C[C@H](O)C1. The Kier molecular flexibility index (Phi) is 4.05. The highest BCUT2D eigenvalue weighted by Gasteiger charge is 2.46. The molecule has 2 saturated heterocycles. The number of rotatable bonds is 5. The molecule has 0 radical (unpaired) electrons. The Hall–Kier alpha value is -2.64. The number of hydrogen-bond donors (Lipinski definition) is 2. The summed E-state index contributed by atoms with van der Waals surface area (Å²) in [6.07, 6.45) is 9.74. The van der Waals surface area contributed by atoms with E-state index in [2.05, 4.69) is 32.9 Å². The van der Waals surface area contributed by atoms with Crippen molar-refractivity contribution >= 4 is 16.9 Å². The standard InChI is InChI=1S/C23H26N4O3/c24-21-20-19(11-27(15-9-16(28)10-15)22(20)26-13-25-21)14-2-1-3-18(8-14)29-12-23-6-4-17(30-23)5-7-23/h1-3,8,11,13,15-17,28H,4-7,9-10,12H2,(H2,24,25,26)/t15-,16-,17?,23?. The van der Waals surface area contributed by atoms with E-state index in [0.29, 0.717) is 18.5 Å². The van der Waals surface area contributed by atoms with Crippen molar-refractivity contribution in [3.05, 3.63) is 36.8 Å². The highest BCUT2D eigenvalue weighted by molar-refractivity contribution is 6.00. The van der Waals surface area contributed by atoms with Crippen LogP contribution in [0.2, 0.25) is 0 Å². The number of nitrogen functional groups attached to an aromatic ring is 1. The van der Waals surface area contributed by atoms with Crippen molar-refractivity contribution < 1.29 is 14.6 Å². The molecule has 6 rings (SSSR count). The minimum absolute atomic E-state index is 0.0972.